The van der Waals surface area contributed by atoms with Gasteiger partial charge < -0.3 is 18.8 Å². The van der Waals surface area contributed by atoms with Crippen LogP contribution in [-0.4, -0.2) is 47.0 Å². The highest BCUT2D eigenvalue weighted by atomic mass is 35.5. The van der Waals surface area contributed by atoms with Crippen molar-refractivity contribution in [2.75, 3.05) is 27.2 Å². The van der Waals surface area contributed by atoms with Crippen molar-refractivity contribution in [3.05, 3.63) is 82.5 Å². The molecule has 1 fully saturated rings. The lowest BCUT2D eigenvalue weighted by molar-refractivity contribution is -0.904. The smallest absolute Gasteiger partial charge is 0.263 e. The van der Waals surface area contributed by atoms with Crippen molar-refractivity contribution in [2.24, 2.45) is 5.92 Å². The summed E-state index contributed by atoms with van der Waals surface area (Å²) in [5, 5.41) is 16.9. The Morgan fingerprint density at radius 2 is 1.76 bits per heavy atom. The van der Waals surface area contributed by atoms with E-state index in [0.717, 1.165) is 48.4 Å². The zero-order chi connectivity index (χ0) is 24.0. The molecule has 2 aromatic carbocycles. The van der Waals surface area contributed by atoms with Gasteiger partial charge in [-0.1, -0.05) is 78.5 Å². The molecule has 0 amide bonds. The van der Waals surface area contributed by atoms with Crippen molar-refractivity contribution in [3.8, 4) is 0 Å². The SMILES string of the molecule is C[N+](C)(CCOCc1ccc(Cl)cc1)Cc1noc(C(O)(c2ccccc2)C2CCCCC2)n1. The van der Waals surface area contributed by atoms with Gasteiger partial charge in [-0.25, -0.2) is 0 Å². The molecule has 1 heterocycles. The molecule has 34 heavy (non-hydrogen) atoms. The van der Waals surface area contributed by atoms with Gasteiger partial charge in [0, 0.05) is 10.9 Å². The third kappa shape index (κ3) is 6.05. The molecular weight excluding hydrogens is 450 g/mol. The monoisotopic (exact) mass is 484 g/mol. The zero-order valence-corrected chi connectivity index (χ0v) is 20.9. The minimum atomic E-state index is -1.26. The van der Waals surface area contributed by atoms with Crippen molar-refractivity contribution < 1.29 is 18.8 Å². The van der Waals surface area contributed by atoms with E-state index in [2.05, 4.69) is 19.3 Å². The van der Waals surface area contributed by atoms with Crippen LogP contribution in [0.5, 0.6) is 0 Å². The third-order valence-electron chi connectivity index (χ3n) is 6.80. The van der Waals surface area contributed by atoms with Crippen LogP contribution in [-0.2, 0) is 23.5 Å². The third-order valence-corrected chi connectivity index (χ3v) is 7.05. The summed E-state index contributed by atoms with van der Waals surface area (Å²) in [5.41, 5.74) is 0.660. The average molecular weight is 485 g/mol. The number of quaternary nitrogens is 1. The molecule has 0 spiro atoms. The molecule has 1 N–H and O–H groups in total. The minimum Gasteiger partial charge on any atom is -0.375 e. The fourth-order valence-electron chi connectivity index (χ4n) is 4.76. The molecule has 1 aliphatic rings. The van der Waals surface area contributed by atoms with Crippen LogP contribution in [0.4, 0.5) is 0 Å². The number of hydrogen-bond donors (Lipinski definition) is 1. The summed E-state index contributed by atoms with van der Waals surface area (Å²) in [5.74, 6) is 0.975. The molecule has 3 aromatic rings. The molecule has 0 saturated heterocycles. The topological polar surface area (TPSA) is 68.4 Å². The minimum absolute atomic E-state index is 0.0701. The number of hydrogen-bond acceptors (Lipinski definition) is 5. The average Bonchev–Trinajstić information content (AvgIpc) is 3.32. The van der Waals surface area contributed by atoms with E-state index in [4.69, 9.17) is 25.8 Å². The Morgan fingerprint density at radius 3 is 2.47 bits per heavy atom. The number of rotatable bonds is 10. The summed E-state index contributed by atoms with van der Waals surface area (Å²) in [6, 6.07) is 17.5. The standard InChI is InChI=1S/C27H35ClN3O3/c1-31(2,17-18-33-20-21-13-15-24(28)16-14-21)19-25-29-26(34-30-25)27(32,22-9-5-3-6-10-22)23-11-7-4-8-12-23/h3,5-6,9-10,13-16,23,32H,4,7-8,11-12,17-20H2,1-2H3/q+1. The molecule has 1 saturated carbocycles. The van der Waals surface area contributed by atoms with Crippen molar-refractivity contribution in [2.45, 2.75) is 50.9 Å². The summed E-state index contributed by atoms with van der Waals surface area (Å²) in [6.07, 6.45) is 5.34. The molecule has 1 atom stereocenters. The van der Waals surface area contributed by atoms with Crippen LogP contribution in [0.15, 0.2) is 59.1 Å². The molecule has 7 heteroatoms. The van der Waals surface area contributed by atoms with Gasteiger partial charge in [-0.3, -0.25) is 0 Å². The van der Waals surface area contributed by atoms with Crippen molar-refractivity contribution in [3.63, 3.8) is 0 Å². The Hall–Kier alpha value is -2.25. The second-order valence-corrected chi connectivity index (χ2v) is 10.4. The van der Waals surface area contributed by atoms with Gasteiger partial charge in [-0.2, -0.15) is 4.98 Å². The predicted molar refractivity (Wildman–Crippen MR) is 132 cm³/mol. The maximum absolute atomic E-state index is 12.0. The Balaban J connectivity index is 1.40. The number of halogens is 1. The number of benzene rings is 2. The van der Waals surface area contributed by atoms with E-state index in [1.54, 1.807) is 0 Å². The Bertz CT molecular complexity index is 1030. The molecule has 0 aliphatic heterocycles. The molecule has 182 valence electrons. The molecule has 1 aromatic heterocycles. The molecule has 1 aliphatic carbocycles. The fraction of sp³-hybridized carbons (Fsp3) is 0.481. The van der Waals surface area contributed by atoms with Crippen LogP contribution < -0.4 is 0 Å². The van der Waals surface area contributed by atoms with E-state index < -0.39 is 5.60 Å². The van der Waals surface area contributed by atoms with Crippen LogP contribution in [0.25, 0.3) is 0 Å². The first-order valence-corrected chi connectivity index (χ1v) is 12.5. The number of nitrogens with zero attached hydrogens (tertiary/aromatic N) is 3. The number of ether oxygens (including phenoxy) is 1. The van der Waals surface area contributed by atoms with Gasteiger partial charge in [0.05, 0.1) is 27.3 Å². The van der Waals surface area contributed by atoms with Crippen molar-refractivity contribution >= 4 is 11.6 Å². The highest BCUT2D eigenvalue weighted by Crippen LogP contribution is 2.43. The number of aromatic nitrogens is 2. The lowest BCUT2D eigenvalue weighted by atomic mass is 9.73. The van der Waals surface area contributed by atoms with Crippen LogP contribution in [0.3, 0.4) is 0 Å². The lowest BCUT2D eigenvalue weighted by Crippen LogP contribution is -2.42. The Kier molecular flexibility index (Phi) is 8.04. The fourth-order valence-corrected chi connectivity index (χ4v) is 4.89. The van der Waals surface area contributed by atoms with E-state index in [-0.39, 0.29) is 5.92 Å². The second-order valence-electron chi connectivity index (χ2n) is 9.98. The van der Waals surface area contributed by atoms with Crippen LogP contribution in [0, 0.1) is 5.92 Å². The summed E-state index contributed by atoms with van der Waals surface area (Å²) >= 11 is 5.94. The zero-order valence-electron chi connectivity index (χ0n) is 20.1. The first-order valence-electron chi connectivity index (χ1n) is 12.1. The molecule has 4 rings (SSSR count). The van der Waals surface area contributed by atoms with Gasteiger partial charge >= 0.3 is 0 Å². The quantitative estimate of drug-likeness (QED) is 0.311. The van der Waals surface area contributed by atoms with Crippen molar-refractivity contribution in [1.29, 1.82) is 0 Å². The highest BCUT2D eigenvalue weighted by Gasteiger charge is 2.45. The predicted octanol–water partition coefficient (Wildman–Crippen LogP) is 5.33. The maximum atomic E-state index is 12.0. The molecule has 0 radical (unpaired) electrons. The molecule has 0 bridgehead atoms. The van der Waals surface area contributed by atoms with Crippen molar-refractivity contribution in [1.82, 2.24) is 10.1 Å². The van der Waals surface area contributed by atoms with Crippen LogP contribution >= 0.6 is 11.6 Å². The summed E-state index contributed by atoms with van der Waals surface area (Å²) in [7, 11) is 4.23. The summed E-state index contributed by atoms with van der Waals surface area (Å²) < 4.78 is 12.2. The van der Waals surface area contributed by atoms with E-state index in [0.29, 0.717) is 36.0 Å². The summed E-state index contributed by atoms with van der Waals surface area (Å²) in [6.45, 7) is 2.54. The largest absolute Gasteiger partial charge is 0.375 e. The van der Waals surface area contributed by atoms with Gasteiger partial charge in [0.15, 0.2) is 5.60 Å². The first-order chi connectivity index (χ1) is 16.4. The maximum Gasteiger partial charge on any atom is 0.263 e. The molecular formula is C27H35ClN3O3+. The lowest BCUT2D eigenvalue weighted by Gasteiger charge is -2.36. The van der Waals surface area contributed by atoms with Gasteiger partial charge in [0.25, 0.3) is 5.89 Å². The van der Waals surface area contributed by atoms with E-state index in [9.17, 15) is 5.11 Å². The number of aliphatic hydroxyl groups is 1. The normalized spacial score (nSPS) is 16.9. The van der Waals surface area contributed by atoms with E-state index in [1.165, 1.54) is 6.42 Å². The number of likely N-dealkylation sites (N-methyl/N-ethyl adjacent to an activating group) is 1. The van der Waals surface area contributed by atoms with Gasteiger partial charge in [-0.15, -0.1) is 0 Å². The molecule has 6 nitrogen and oxygen atoms in total. The van der Waals surface area contributed by atoms with E-state index in [1.807, 2.05) is 54.6 Å². The second kappa shape index (κ2) is 11.0. The van der Waals surface area contributed by atoms with Crippen LogP contribution in [0.2, 0.25) is 5.02 Å². The Morgan fingerprint density at radius 1 is 1.06 bits per heavy atom. The summed E-state index contributed by atoms with van der Waals surface area (Å²) in [4.78, 5) is 4.71. The Labute approximate surface area is 207 Å². The van der Waals surface area contributed by atoms with E-state index >= 15 is 0 Å². The highest BCUT2D eigenvalue weighted by molar-refractivity contribution is 6.30. The van der Waals surface area contributed by atoms with Crippen LogP contribution in [0.1, 0.15) is 54.9 Å². The van der Waals surface area contributed by atoms with Gasteiger partial charge in [0.2, 0.25) is 5.82 Å². The first kappa shape index (κ1) is 24.9. The molecule has 1 unspecified atom stereocenters. The van der Waals surface area contributed by atoms with Gasteiger partial charge in [-0.05, 0) is 36.1 Å². The van der Waals surface area contributed by atoms with Gasteiger partial charge in [0.1, 0.15) is 13.1 Å².